The van der Waals surface area contributed by atoms with Gasteiger partial charge in [0.1, 0.15) is 0 Å². The van der Waals surface area contributed by atoms with Crippen LogP contribution in [0.25, 0.3) is 0 Å². The van der Waals surface area contributed by atoms with Gasteiger partial charge in [-0.3, -0.25) is 9.58 Å². The summed E-state index contributed by atoms with van der Waals surface area (Å²) in [5, 5.41) is 4.59. The first kappa shape index (κ1) is 14.1. The molecule has 0 amide bonds. The fourth-order valence-electron chi connectivity index (χ4n) is 2.78. The fraction of sp³-hybridized carbons (Fsp3) is 0.786. The molecule has 18 heavy (non-hydrogen) atoms. The van der Waals surface area contributed by atoms with Gasteiger partial charge < -0.3 is 0 Å². The summed E-state index contributed by atoms with van der Waals surface area (Å²) in [7, 11) is 0. The van der Waals surface area contributed by atoms with E-state index in [0.29, 0.717) is 6.04 Å². The maximum Gasteiger partial charge on any atom is 0.0739 e. The van der Waals surface area contributed by atoms with Crippen molar-refractivity contribution >= 4 is 15.9 Å². The van der Waals surface area contributed by atoms with Crippen LogP contribution in [0.1, 0.15) is 50.9 Å². The van der Waals surface area contributed by atoms with Crippen LogP contribution in [0.2, 0.25) is 0 Å². The van der Waals surface area contributed by atoms with Gasteiger partial charge in [0.25, 0.3) is 0 Å². The van der Waals surface area contributed by atoms with Gasteiger partial charge in [-0.25, -0.2) is 0 Å². The van der Waals surface area contributed by atoms with Crippen LogP contribution in [0.15, 0.2) is 4.47 Å². The maximum atomic E-state index is 4.59. The minimum atomic E-state index is 0.694. The first-order valence-corrected chi connectivity index (χ1v) is 7.88. The van der Waals surface area contributed by atoms with E-state index in [1.54, 1.807) is 0 Å². The monoisotopic (exact) mass is 313 g/mol. The average Bonchev–Trinajstić information content (AvgIpc) is 2.53. The molecule has 0 N–H and O–H groups in total. The Balaban J connectivity index is 2.16. The summed E-state index contributed by atoms with van der Waals surface area (Å²) in [5.41, 5.74) is 2.44. The average molecular weight is 314 g/mol. The van der Waals surface area contributed by atoms with Gasteiger partial charge in [0.2, 0.25) is 0 Å². The Morgan fingerprint density at radius 2 is 2.11 bits per heavy atom. The van der Waals surface area contributed by atoms with E-state index in [4.69, 9.17) is 0 Å². The summed E-state index contributed by atoms with van der Waals surface area (Å²) in [6.07, 6.45) is 5.43. The zero-order valence-electron chi connectivity index (χ0n) is 11.7. The third kappa shape index (κ3) is 2.97. The molecule has 2 rings (SSSR count). The normalized spacial score (nSPS) is 22.1. The molecule has 1 aromatic rings. The lowest BCUT2D eigenvalue weighted by molar-refractivity contribution is 0.198. The van der Waals surface area contributed by atoms with Crippen molar-refractivity contribution in [3.05, 3.63) is 15.9 Å². The Kier molecular flexibility index (Phi) is 4.84. The largest absolute Gasteiger partial charge is 0.295 e. The number of halogens is 1. The predicted octanol–water partition coefficient (Wildman–Crippen LogP) is 3.74. The van der Waals surface area contributed by atoms with Crippen LogP contribution < -0.4 is 0 Å². The molecule has 0 spiro atoms. The Labute approximate surface area is 119 Å². The van der Waals surface area contributed by atoms with E-state index in [9.17, 15) is 0 Å². The summed E-state index contributed by atoms with van der Waals surface area (Å²) in [6, 6.07) is 0.694. The maximum absolute atomic E-state index is 4.59. The van der Waals surface area contributed by atoms with Gasteiger partial charge in [-0.1, -0.05) is 12.8 Å². The Morgan fingerprint density at radius 3 is 2.83 bits per heavy atom. The molecule has 1 aliphatic heterocycles. The van der Waals surface area contributed by atoms with Crippen molar-refractivity contribution in [2.45, 2.75) is 65.6 Å². The molecule has 1 aromatic heterocycles. The number of hydrogen-bond donors (Lipinski definition) is 0. The minimum Gasteiger partial charge on any atom is -0.295 e. The molecular weight excluding hydrogens is 290 g/mol. The number of likely N-dealkylation sites (tertiary alicyclic amines) is 1. The first-order valence-electron chi connectivity index (χ1n) is 7.09. The van der Waals surface area contributed by atoms with Crippen molar-refractivity contribution in [1.29, 1.82) is 0 Å². The highest BCUT2D eigenvalue weighted by atomic mass is 79.9. The van der Waals surface area contributed by atoms with E-state index in [1.807, 2.05) is 0 Å². The van der Waals surface area contributed by atoms with E-state index in [0.717, 1.165) is 18.8 Å². The number of nitrogens with zero attached hydrogens (tertiary/aromatic N) is 3. The molecule has 1 atom stereocenters. The smallest absolute Gasteiger partial charge is 0.0739 e. The zero-order chi connectivity index (χ0) is 13.1. The molecule has 0 aliphatic carbocycles. The van der Waals surface area contributed by atoms with Crippen molar-refractivity contribution in [2.24, 2.45) is 0 Å². The van der Waals surface area contributed by atoms with E-state index < -0.39 is 0 Å². The van der Waals surface area contributed by atoms with Crippen molar-refractivity contribution in [1.82, 2.24) is 14.7 Å². The van der Waals surface area contributed by atoms with E-state index in [1.165, 1.54) is 42.4 Å². The lowest BCUT2D eigenvalue weighted by Gasteiger charge is -2.27. The van der Waals surface area contributed by atoms with Crippen molar-refractivity contribution in [3.8, 4) is 0 Å². The lowest BCUT2D eigenvalue weighted by Crippen LogP contribution is -2.33. The molecule has 0 saturated carbocycles. The van der Waals surface area contributed by atoms with Crippen LogP contribution in [0, 0.1) is 6.92 Å². The van der Waals surface area contributed by atoms with E-state index >= 15 is 0 Å². The Hall–Kier alpha value is -0.350. The number of aromatic nitrogens is 2. The molecule has 2 heterocycles. The molecule has 0 bridgehead atoms. The Morgan fingerprint density at radius 1 is 1.33 bits per heavy atom. The second-order valence-corrected chi connectivity index (χ2v) is 6.12. The van der Waals surface area contributed by atoms with Crippen LogP contribution >= 0.6 is 15.9 Å². The molecule has 102 valence electrons. The predicted molar refractivity (Wildman–Crippen MR) is 78.7 cm³/mol. The van der Waals surface area contributed by atoms with Gasteiger partial charge in [0.15, 0.2) is 0 Å². The molecule has 0 aromatic carbocycles. The van der Waals surface area contributed by atoms with Gasteiger partial charge in [0.05, 0.1) is 15.9 Å². The molecular formula is C14H24BrN3. The number of aryl methyl sites for hydroxylation is 2. The summed E-state index contributed by atoms with van der Waals surface area (Å²) >= 11 is 3.70. The van der Waals surface area contributed by atoms with E-state index in [-0.39, 0.29) is 0 Å². The second kappa shape index (κ2) is 6.20. The van der Waals surface area contributed by atoms with Crippen molar-refractivity contribution in [3.63, 3.8) is 0 Å². The molecule has 4 heteroatoms. The molecule has 3 nitrogen and oxygen atoms in total. The van der Waals surface area contributed by atoms with Crippen LogP contribution in [0.5, 0.6) is 0 Å². The van der Waals surface area contributed by atoms with Crippen LogP contribution in [0.4, 0.5) is 0 Å². The minimum absolute atomic E-state index is 0.694. The van der Waals surface area contributed by atoms with Crippen molar-refractivity contribution < 1.29 is 0 Å². The number of hydrogen-bond acceptors (Lipinski definition) is 2. The van der Waals surface area contributed by atoms with Crippen molar-refractivity contribution in [2.75, 3.05) is 6.54 Å². The third-order valence-corrected chi connectivity index (χ3v) is 5.03. The summed E-state index contributed by atoms with van der Waals surface area (Å²) < 4.78 is 3.33. The summed E-state index contributed by atoms with van der Waals surface area (Å²) in [6.45, 7) is 9.79. The van der Waals surface area contributed by atoms with Gasteiger partial charge in [-0.2, -0.15) is 5.10 Å². The second-order valence-electron chi connectivity index (χ2n) is 5.33. The standard InChI is InChI=1S/C14H24BrN3/c1-4-18-13(14(15)12(3)16-18)10-17-9-7-5-6-8-11(17)2/h11H,4-10H2,1-3H3. The third-order valence-electron chi connectivity index (χ3n) is 4.00. The molecule has 0 radical (unpaired) electrons. The lowest BCUT2D eigenvalue weighted by atomic mass is 10.1. The summed E-state index contributed by atoms with van der Waals surface area (Å²) in [5.74, 6) is 0. The van der Waals surface area contributed by atoms with Gasteiger partial charge >= 0.3 is 0 Å². The fourth-order valence-corrected chi connectivity index (χ4v) is 3.19. The SMILES string of the molecule is CCn1nc(C)c(Br)c1CN1CCCCCC1C. The quantitative estimate of drug-likeness (QED) is 0.847. The highest BCUT2D eigenvalue weighted by Crippen LogP contribution is 2.25. The van der Waals surface area contributed by atoms with Gasteiger partial charge in [-0.05, 0) is 56.1 Å². The Bertz CT molecular complexity index is 400. The highest BCUT2D eigenvalue weighted by Gasteiger charge is 2.21. The number of rotatable bonds is 3. The molecule has 1 aliphatic rings. The van der Waals surface area contributed by atoms with Gasteiger partial charge in [0, 0.05) is 19.1 Å². The summed E-state index contributed by atoms with van der Waals surface area (Å²) in [4.78, 5) is 2.61. The van der Waals surface area contributed by atoms with Crippen LogP contribution in [-0.2, 0) is 13.1 Å². The molecule has 1 fully saturated rings. The van der Waals surface area contributed by atoms with Crippen LogP contribution in [-0.4, -0.2) is 27.3 Å². The topological polar surface area (TPSA) is 21.1 Å². The first-order chi connectivity index (χ1) is 8.63. The van der Waals surface area contributed by atoms with Gasteiger partial charge in [-0.15, -0.1) is 0 Å². The van der Waals surface area contributed by atoms with Crippen LogP contribution in [0.3, 0.4) is 0 Å². The highest BCUT2D eigenvalue weighted by molar-refractivity contribution is 9.10. The van der Waals surface area contributed by atoms with E-state index in [2.05, 4.69) is 51.4 Å². The molecule has 1 unspecified atom stereocenters. The zero-order valence-corrected chi connectivity index (χ0v) is 13.3. The molecule has 1 saturated heterocycles.